The third-order valence-electron chi connectivity index (χ3n) is 10.1. The van der Waals surface area contributed by atoms with Crippen LogP contribution >= 0.6 is 0 Å². The van der Waals surface area contributed by atoms with Crippen molar-refractivity contribution in [2.75, 3.05) is 39.6 Å². The molecule has 0 spiro atoms. The van der Waals surface area contributed by atoms with Gasteiger partial charge in [0.1, 0.15) is 37.9 Å². The zero-order chi connectivity index (χ0) is 39.5. The maximum absolute atomic E-state index is 6.51. The molecule has 7 rings (SSSR count). The molecular weight excluding hydrogens is 717 g/mol. The lowest BCUT2D eigenvalue weighted by molar-refractivity contribution is 0.0647. The minimum Gasteiger partial charge on any atom is -0.490 e. The summed E-state index contributed by atoms with van der Waals surface area (Å²) in [6.07, 6.45) is 0. The van der Waals surface area contributed by atoms with Crippen LogP contribution in [0.3, 0.4) is 0 Å². The van der Waals surface area contributed by atoms with E-state index in [2.05, 4.69) is 167 Å². The van der Waals surface area contributed by atoms with Gasteiger partial charge in [-0.1, -0.05) is 170 Å². The highest BCUT2D eigenvalue weighted by Gasteiger charge is 2.24. The van der Waals surface area contributed by atoms with Gasteiger partial charge < -0.3 is 18.9 Å². The Morgan fingerprint density at radius 3 is 1.21 bits per heavy atom. The highest BCUT2D eigenvalue weighted by Crippen LogP contribution is 2.31. The van der Waals surface area contributed by atoms with E-state index in [9.17, 15) is 0 Å². The lowest BCUT2D eigenvalue weighted by Gasteiger charge is -2.33. The number of rotatable bonds is 6. The van der Waals surface area contributed by atoms with Crippen LogP contribution in [-0.4, -0.2) is 49.4 Å². The maximum atomic E-state index is 6.51. The first-order valence-electron chi connectivity index (χ1n) is 20.0. The zero-order valence-electron chi connectivity index (χ0n) is 32.9. The van der Waals surface area contributed by atoms with E-state index < -0.39 is 0 Å². The van der Waals surface area contributed by atoms with Crippen LogP contribution in [0.25, 0.3) is 0 Å². The molecular formula is C52H50N2O4. The number of hydrogen-bond donors (Lipinski definition) is 0. The van der Waals surface area contributed by atoms with Crippen LogP contribution in [-0.2, 0) is 35.7 Å². The summed E-state index contributed by atoms with van der Waals surface area (Å²) in [6.45, 7) is 4.98. The number of hydrogen-bond acceptors (Lipinski definition) is 6. The van der Waals surface area contributed by atoms with E-state index in [1.54, 1.807) is 0 Å². The smallest absolute Gasteiger partial charge is 0.123 e. The quantitative estimate of drug-likeness (QED) is 0.158. The first-order valence-corrected chi connectivity index (χ1v) is 20.0. The van der Waals surface area contributed by atoms with Crippen molar-refractivity contribution in [3.8, 4) is 35.2 Å². The first kappa shape index (κ1) is 40.1. The van der Waals surface area contributed by atoms with Gasteiger partial charge >= 0.3 is 0 Å². The zero-order valence-corrected chi connectivity index (χ0v) is 32.9. The standard InChI is InChI=1S/C52H50N2O4/c1-2-20-34-56-42-50(46-27-13-6-14-28-46)54(38-44-23-9-4-10-24-44)40-48-30-16-18-32-52(48)58-36-35-57-51-31-17-15-29-47(51)39-53(37-43-21-7-3-8-22-43)49(41-55-33-19-1)45-25-11-5-12-26-45/h3-18,21-32,49-50H,33-42H2/t49-,50-/m1/s1. The number of para-hydroxylation sites is 2. The summed E-state index contributed by atoms with van der Waals surface area (Å²) < 4.78 is 25.6. The second-order valence-electron chi connectivity index (χ2n) is 14.2. The van der Waals surface area contributed by atoms with Gasteiger partial charge in [0.2, 0.25) is 0 Å². The van der Waals surface area contributed by atoms with Gasteiger partial charge in [-0.25, -0.2) is 0 Å². The fraction of sp³-hybridized carbons (Fsp3) is 0.231. The van der Waals surface area contributed by atoms with Gasteiger partial charge in [-0.05, 0) is 46.2 Å². The molecule has 0 fully saturated rings. The summed E-state index contributed by atoms with van der Waals surface area (Å²) in [5.41, 5.74) is 6.97. The van der Waals surface area contributed by atoms with Crippen LogP contribution in [0, 0.1) is 23.7 Å². The van der Waals surface area contributed by atoms with Crippen LogP contribution in [0.1, 0.15) is 45.5 Å². The first-order chi connectivity index (χ1) is 28.8. The third kappa shape index (κ3) is 11.9. The molecule has 2 atom stereocenters. The molecule has 0 saturated carbocycles. The van der Waals surface area contributed by atoms with E-state index in [4.69, 9.17) is 18.9 Å². The average molecular weight is 767 g/mol. The molecule has 1 aliphatic rings. The predicted molar refractivity (Wildman–Crippen MR) is 231 cm³/mol. The molecule has 6 heteroatoms. The lowest BCUT2D eigenvalue weighted by atomic mass is 10.0. The molecule has 0 bridgehead atoms. The van der Waals surface area contributed by atoms with Crippen molar-refractivity contribution in [2.24, 2.45) is 0 Å². The molecule has 6 aromatic rings. The van der Waals surface area contributed by atoms with Gasteiger partial charge in [-0.2, -0.15) is 0 Å². The van der Waals surface area contributed by atoms with Gasteiger partial charge in [0.15, 0.2) is 0 Å². The Bertz CT molecular complexity index is 2080. The van der Waals surface area contributed by atoms with Gasteiger partial charge in [-0.15, -0.1) is 0 Å². The van der Waals surface area contributed by atoms with Crippen molar-refractivity contribution in [2.45, 2.75) is 38.3 Å². The monoisotopic (exact) mass is 766 g/mol. The molecule has 1 aliphatic heterocycles. The Morgan fingerprint density at radius 2 is 0.793 bits per heavy atom. The van der Waals surface area contributed by atoms with E-state index >= 15 is 0 Å². The Kier molecular flexibility index (Phi) is 15.2. The Labute approximate surface area is 344 Å². The molecule has 6 aromatic carbocycles. The maximum Gasteiger partial charge on any atom is 0.123 e. The van der Waals surface area contributed by atoms with Crippen LogP contribution in [0.4, 0.5) is 0 Å². The van der Waals surface area contributed by atoms with Gasteiger partial charge in [0, 0.05) is 37.3 Å². The normalized spacial score (nSPS) is 17.6. The van der Waals surface area contributed by atoms with Crippen molar-refractivity contribution in [3.63, 3.8) is 0 Å². The van der Waals surface area contributed by atoms with Gasteiger partial charge in [-0.3, -0.25) is 9.80 Å². The Hall–Kier alpha value is -6.12. The summed E-state index contributed by atoms with van der Waals surface area (Å²) >= 11 is 0. The van der Waals surface area contributed by atoms with E-state index in [0.717, 1.165) is 35.7 Å². The SMILES string of the molecule is C1#CCOC[C@H](c2ccccc2)N(Cc2ccccc2)Cc2ccccc2OCCOc2ccccc2CN(Cc2ccccc2)[C@@H](c2ccccc2)COCC#C1. The summed E-state index contributed by atoms with van der Waals surface area (Å²) in [5.74, 6) is 13.8. The minimum absolute atomic E-state index is 0.0415. The molecule has 0 amide bonds. The molecule has 0 saturated heterocycles. The highest BCUT2D eigenvalue weighted by atomic mass is 16.5. The third-order valence-corrected chi connectivity index (χ3v) is 10.1. The Morgan fingerprint density at radius 1 is 0.431 bits per heavy atom. The summed E-state index contributed by atoms with van der Waals surface area (Å²) in [4.78, 5) is 4.90. The molecule has 0 aromatic heterocycles. The molecule has 6 nitrogen and oxygen atoms in total. The molecule has 1 heterocycles. The van der Waals surface area contributed by atoms with Crippen LogP contribution < -0.4 is 9.47 Å². The summed E-state index contributed by atoms with van der Waals surface area (Å²) in [6, 6.07) is 58.7. The second-order valence-corrected chi connectivity index (χ2v) is 14.2. The second kappa shape index (κ2) is 22.0. The summed E-state index contributed by atoms with van der Waals surface area (Å²) in [5, 5.41) is 0. The van der Waals surface area contributed by atoms with E-state index in [-0.39, 0.29) is 25.3 Å². The average Bonchev–Trinajstić information content (AvgIpc) is 3.27. The fourth-order valence-electron chi connectivity index (χ4n) is 7.26. The molecule has 0 radical (unpaired) electrons. The number of fused-ring (bicyclic) bond motifs is 2. The van der Waals surface area contributed by atoms with Crippen molar-refractivity contribution in [3.05, 3.63) is 203 Å². The number of benzene rings is 6. The molecule has 0 unspecified atom stereocenters. The van der Waals surface area contributed by atoms with Crippen molar-refractivity contribution >= 4 is 0 Å². The number of nitrogens with zero attached hydrogens (tertiary/aromatic N) is 2. The van der Waals surface area contributed by atoms with Crippen LogP contribution in [0.5, 0.6) is 11.5 Å². The molecule has 0 aliphatic carbocycles. The van der Waals surface area contributed by atoms with E-state index in [0.29, 0.717) is 39.5 Å². The fourth-order valence-corrected chi connectivity index (χ4v) is 7.26. The van der Waals surface area contributed by atoms with Crippen LogP contribution in [0.15, 0.2) is 170 Å². The van der Waals surface area contributed by atoms with Crippen molar-refractivity contribution < 1.29 is 18.9 Å². The predicted octanol–water partition coefficient (Wildman–Crippen LogP) is 9.68. The van der Waals surface area contributed by atoms with Gasteiger partial charge in [0.25, 0.3) is 0 Å². The van der Waals surface area contributed by atoms with E-state index in [1.807, 2.05) is 36.4 Å². The summed E-state index contributed by atoms with van der Waals surface area (Å²) in [7, 11) is 0. The molecule has 0 N–H and O–H groups in total. The van der Waals surface area contributed by atoms with E-state index in [1.165, 1.54) is 22.3 Å². The van der Waals surface area contributed by atoms with Crippen LogP contribution in [0.2, 0.25) is 0 Å². The molecule has 292 valence electrons. The van der Waals surface area contributed by atoms with Crippen molar-refractivity contribution in [1.29, 1.82) is 0 Å². The van der Waals surface area contributed by atoms with Crippen molar-refractivity contribution in [1.82, 2.24) is 9.80 Å². The number of ether oxygens (including phenoxy) is 4. The topological polar surface area (TPSA) is 43.4 Å². The van der Waals surface area contributed by atoms with Gasteiger partial charge in [0.05, 0.1) is 25.3 Å². The lowest BCUT2D eigenvalue weighted by Crippen LogP contribution is -2.31. The highest BCUT2D eigenvalue weighted by molar-refractivity contribution is 5.36. The molecule has 58 heavy (non-hydrogen) atoms. The Balaban J connectivity index is 1.18. The minimum atomic E-state index is -0.0415. The largest absolute Gasteiger partial charge is 0.490 e.